The third-order valence-corrected chi connectivity index (χ3v) is 3.99. The number of fused-ring (bicyclic) bond motifs is 1. The minimum absolute atomic E-state index is 0.171. The molecule has 2 aromatic carbocycles. The largest absolute Gasteiger partial charge is 0.422 e. The fourth-order valence-electron chi connectivity index (χ4n) is 2.54. The Kier molecular flexibility index (Phi) is 3.98. The van der Waals surface area contributed by atoms with Gasteiger partial charge in [-0.2, -0.15) is 0 Å². The highest BCUT2D eigenvalue weighted by Gasteiger charge is 2.11. The molecule has 0 aliphatic heterocycles. The molecule has 4 nitrogen and oxygen atoms in total. The van der Waals surface area contributed by atoms with Gasteiger partial charge in [-0.05, 0) is 42.7 Å². The minimum atomic E-state index is -0.407. The van der Waals surface area contributed by atoms with Crippen LogP contribution in [0.1, 0.15) is 27.0 Å². The van der Waals surface area contributed by atoms with Crippen molar-refractivity contribution in [2.45, 2.75) is 20.4 Å². The normalized spacial score (nSPS) is 10.7. The lowest BCUT2D eigenvalue weighted by Crippen LogP contribution is -2.23. The molecule has 0 fully saturated rings. The Balaban J connectivity index is 1.93. The molecule has 0 radical (unpaired) electrons. The van der Waals surface area contributed by atoms with Crippen molar-refractivity contribution in [2.75, 3.05) is 0 Å². The lowest BCUT2D eigenvalue weighted by atomic mass is 10.0. The molecular weight excluding hydrogens is 290 g/mol. The van der Waals surface area contributed by atoms with E-state index in [1.165, 1.54) is 6.07 Å². The van der Waals surface area contributed by atoms with E-state index in [-0.39, 0.29) is 12.5 Å². The highest BCUT2D eigenvalue weighted by molar-refractivity contribution is 5.94. The number of amides is 1. The van der Waals surface area contributed by atoms with E-state index in [1.54, 1.807) is 12.1 Å². The average Bonchev–Trinajstić information content (AvgIpc) is 2.57. The molecule has 116 valence electrons. The molecule has 0 spiro atoms. The van der Waals surface area contributed by atoms with Crippen molar-refractivity contribution in [3.8, 4) is 0 Å². The number of carbonyl (C=O) groups excluding carboxylic acids is 1. The molecule has 1 amide bonds. The van der Waals surface area contributed by atoms with E-state index in [2.05, 4.69) is 5.32 Å². The number of nitrogens with one attached hydrogen (secondary N) is 1. The fourth-order valence-corrected chi connectivity index (χ4v) is 2.54. The molecule has 3 aromatic rings. The first-order chi connectivity index (χ1) is 11.1. The molecular formula is C19H17NO3. The van der Waals surface area contributed by atoms with Crippen molar-refractivity contribution in [1.82, 2.24) is 5.32 Å². The van der Waals surface area contributed by atoms with Crippen LogP contribution in [-0.2, 0) is 6.54 Å². The predicted octanol–water partition coefficient (Wildman–Crippen LogP) is 3.34. The Labute approximate surface area is 133 Å². The van der Waals surface area contributed by atoms with Gasteiger partial charge in [0.2, 0.25) is 0 Å². The average molecular weight is 307 g/mol. The van der Waals surface area contributed by atoms with Crippen LogP contribution in [0.25, 0.3) is 11.0 Å². The van der Waals surface area contributed by atoms with Crippen molar-refractivity contribution in [1.29, 1.82) is 0 Å². The van der Waals surface area contributed by atoms with E-state index in [1.807, 2.05) is 44.2 Å². The lowest BCUT2D eigenvalue weighted by Gasteiger charge is -2.10. The van der Waals surface area contributed by atoms with E-state index in [0.29, 0.717) is 11.1 Å². The lowest BCUT2D eigenvalue weighted by molar-refractivity contribution is 0.0951. The molecule has 0 unspecified atom stereocenters. The van der Waals surface area contributed by atoms with E-state index < -0.39 is 5.63 Å². The number of carbonyl (C=O) groups is 1. The summed E-state index contributed by atoms with van der Waals surface area (Å²) in [6.45, 7) is 4.17. The van der Waals surface area contributed by atoms with Gasteiger partial charge >= 0.3 is 5.63 Å². The summed E-state index contributed by atoms with van der Waals surface area (Å²) in [5, 5.41) is 3.70. The number of hydrogen-bond donors (Lipinski definition) is 1. The molecule has 23 heavy (non-hydrogen) atoms. The van der Waals surface area contributed by atoms with E-state index in [4.69, 9.17) is 4.42 Å². The zero-order valence-electron chi connectivity index (χ0n) is 13.1. The smallest absolute Gasteiger partial charge is 0.336 e. The zero-order valence-corrected chi connectivity index (χ0v) is 13.1. The minimum Gasteiger partial charge on any atom is -0.422 e. The summed E-state index contributed by atoms with van der Waals surface area (Å²) in [5.74, 6) is -0.171. The maximum atomic E-state index is 12.1. The maximum absolute atomic E-state index is 12.1. The van der Waals surface area contributed by atoms with Crippen LogP contribution in [-0.4, -0.2) is 5.91 Å². The van der Waals surface area contributed by atoms with Crippen LogP contribution >= 0.6 is 0 Å². The number of benzene rings is 2. The first-order valence-electron chi connectivity index (χ1n) is 7.42. The van der Waals surface area contributed by atoms with Gasteiger partial charge in [-0.25, -0.2) is 4.79 Å². The third kappa shape index (κ3) is 3.01. The fraction of sp³-hybridized carbons (Fsp3) is 0.158. The van der Waals surface area contributed by atoms with Gasteiger partial charge in [-0.1, -0.05) is 30.3 Å². The highest BCUT2D eigenvalue weighted by Crippen LogP contribution is 2.23. The summed E-state index contributed by atoms with van der Waals surface area (Å²) in [5.41, 5.74) is 3.52. The molecule has 0 aliphatic carbocycles. The van der Waals surface area contributed by atoms with Gasteiger partial charge in [0.1, 0.15) is 5.58 Å². The molecule has 0 saturated carbocycles. The number of hydrogen-bond acceptors (Lipinski definition) is 3. The van der Waals surface area contributed by atoms with Crippen LogP contribution < -0.4 is 10.9 Å². The molecule has 0 aliphatic rings. The summed E-state index contributed by atoms with van der Waals surface area (Å²) >= 11 is 0. The molecule has 3 rings (SSSR count). The molecule has 1 aromatic heterocycles. The molecule has 1 heterocycles. The van der Waals surface area contributed by atoms with Gasteiger partial charge < -0.3 is 9.73 Å². The van der Waals surface area contributed by atoms with Crippen molar-refractivity contribution >= 4 is 16.9 Å². The van der Waals surface area contributed by atoms with Gasteiger partial charge in [0, 0.05) is 23.6 Å². The van der Waals surface area contributed by atoms with Gasteiger partial charge in [0.25, 0.3) is 5.91 Å². The Morgan fingerprint density at radius 3 is 2.57 bits per heavy atom. The molecule has 0 atom stereocenters. The summed E-state index contributed by atoms with van der Waals surface area (Å²) < 4.78 is 5.34. The number of rotatable bonds is 3. The van der Waals surface area contributed by atoms with Crippen LogP contribution in [0.15, 0.2) is 57.7 Å². The van der Waals surface area contributed by atoms with Crippen LogP contribution in [0, 0.1) is 13.8 Å². The second-order valence-electron chi connectivity index (χ2n) is 5.52. The Morgan fingerprint density at radius 1 is 1.09 bits per heavy atom. The predicted molar refractivity (Wildman–Crippen MR) is 89.6 cm³/mol. The maximum Gasteiger partial charge on any atom is 0.336 e. The Hall–Kier alpha value is -2.88. The van der Waals surface area contributed by atoms with Crippen LogP contribution in [0.3, 0.4) is 0 Å². The van der Waals surface area contributed by atoms with E-state index in [9.17, 15) is 9.59 Å². The van der Waals surface area contributed by atoms with Crippen LogP contribution in [0.5, 0.6) is 0 Å². The van der Waals surface area contributed by atoms with Crippen molar-refractivity contribution in [2.24, 2.45) is 0 Å². The molecule has 1 N–H and O–H groups in total. The summed E-state index contributed by atoms with van der Waals surface area (Å²) in [7, 11) is 0. The third-order valence-electron chi connectivity index (χ3n) is 3.99. The Bertz CT molecular complexity index is 926. The van der Waals surface area contributed by atoms with Gasteiger partial charge in [0.05, 0.1) is 0 Å². The molecule has 0 bridgehead atoms. The van der Waals surface area contributed by atoms with Gasteiger partial charge in [-0.3, -0.25) is 4.79 Å². The first-order valence-corrected chi connectivity index (χ1v) is 7.42. The second-order valence-corrected chi connectivity index (χ2v) is 5.52. The van der Waals surface area contributed by atoms with Crippen LogP contribution in [0.2, 0.25) is 0 Å². The number of aryl methyl sites for hydroxylation is 2. The van der Waals surface area contributed by atoms with Crippen LogP contribution in [0.4, 0.5) is 0 Å². The zero-order chi connectivity index (χ0) is 16.4. The first kappa shape index (κ1) is 15.0. The highest BCUT2D eigenvalue weighted by atomic mass is 16.4. The summed E-state index contributed by atoms with van der Waals surface area (Å²) in [4.78, 5) is 24.0. The monoisotopic (exact) mass is 307 g/mol. The molecule has 0 saturated heterocycles. The van der Waals surface area contributed by atoms with E-state index >= 15 is 0 Å². The Morgan fingerprint density at radius 2 is 1.83 bits per heavy atom. The topological polar surface area (TPSA) is 59.3 Å². The van der Waals surface area contributed by atoms with Crippen molar-refractivity contribution in [3.05, 3.63) is 81.2 Å². The molecule has 4 heteroatoms. The van der Waals surface area contributed by atoms with E-state index in [0.717, 1.165) is 22.1 Å². The van der Waals surface area contributed by atoms with Crippen molar-refractivity contribution < 1.29 is 9.21 Å². The quantitative estimate of drug-likeness (QED) is 0.755. The van der Waals surface area contributed by atoms with Gasteiger partial charge in [0.15, 0.2) is 0 Å². The standard InChI is InChI=1S/C19H17NO3/c1-12-8-9-16-15(10-17(21)23-18(16)13(12)2)11-20-19(22)14-6-4-3-5-7-14/h3-10H,11H2,1-2H3,(H,20,22). The summed E-state index contributed by atoms with van der Waals surface area (Å²) in [6.07, 6.45) is 0. The summed E-state index contributed by atoms with van der Waals surface area (Å²) in [6, 6.07) is 14.3. The SMILES string of the molecule is Cc1ccc2c(CNC(=O)c3ccccc3)cc(=O)oc2c1C. The van der Waals surface area contributed by atoms with Crippen molar-refractivity contribution in [3.63, 3.8) is 0 Å². The van der Waals surface area contributed by atoms with Gasteiger partial charge in [-0.15, -0.1) is 0 Å². The second kappa shape index (κ2) is 6.08.